The third kappa shape index (κ3) is 0.640. The first-order valence-electron chi connectivity index (χ1n) is 3.01. The molecule has 10 heavy (non-hydrogen) atoms. The maximum Gasteiger partial charge on any atom is 0.145 e. The first-order chi connectivity index (χ1) is 4.88. The lowest BCUT2D eigenvalue weighted by molar-refractivity contribution is 0.642. The van der Waals surface area contributed by atoms with Crippen LogP contribution in [0, 0.1) is 0 Å². The molecule has 0 aromatic heterocycles. The van der Waals surface area contributed by atoms with Crippen LogP contribution >= 0.6 is 0 Å². The zero-order valence-corrected chi connectivity index (χ0v) is 5.23. The van der Waals surface area contributed by atoms with Crippen molar-refractivity contribution in [1.82, 2.24) is 5.32 Å². The Balaban J connectivity index is 2.31. The van der Waals surface area contributed by atoms with Gasteiger partial charge in [-0.3, -0.25) is 9.98 Å². The Morgan fingerprint density at radius 3 is 3.20 bits per heavy atom. The summed E-state index contributed by atoms with van der Waals surface area (Å²) < 4.78 is 0. The highest BCUT2D eigenvalue weighted by Gasteiger charge is 2.26. The van der Waals surface area contributed by atoms with Gasteiger partial charge in [-0.2, -0.15) is 0 Å². The average molecular weight is 137 g/mol. The molecule has 0 amide bonds. The normalized spacial score (nSPS) is 35.1. The van der Waals surface area contributed by atoms with Crippen molar-refractivity contribution < 1.29 is 0 Å². The minimum atomic E-state index is -0.265. The first-order valence-corrected chi connectivity index (χ1v) is 3.01. The number of nitrogens with one attached hydrogen (secondary N) is 1. The van der Waals surface area contributed by atoms with Gasteiger partial charge in [0, 0.05) is 0 Å². The summed E-state index contributed by atoms with van der Waals surface area (Å²) in [6.45, 7) is 0. The van der Waals surface area contributed by atoms with Gasteiger partial charge in [0.1, 0.15) is 24.4 Å². The van der Waals surface area contributed by atoms with Crippen LogP contribution in [-0.4, -0.2) is 30.7 Å². The molecule has 0 aliphatic carbocycles. The van der Waals surface area contributed by atoms with E-state index < -0.39 is 0 Å². The van der Waals surface area contributed by atoms with Gasteiger partial charge in [-0.25, -0.2) is 4.99 Å². The molecule has 0 saturated heterocycles. The Kier molecular flexibility index (Phi) is 1.04. The van der Waals surface area contributed by atoms with Crippen molar-refractivity contribution in [3.05, 3.63) is 0 Å². The number of fused-ring (bicyclic) bond motifs is 1. The topological polar surface area (TPSA) is 75.1 Å². The van der Waals surface area contributed by atoms with Crippen LogP contribution in [0.5, 0.6) is 0 Å². The van der Waals surface area contributed by atoms with Crippen molar-refractivity contribution in [3.8, 4) is 0 Å². The van der Waals surface area contributed by atoms with E-state index in [2.05, 4.69) is 20.3 Å². The van der Waals surface area contributed by atoms with Crippen LogP contribution in [-0.2, 0) is 0 Å². The molecule has 2 unspecified atom stereocenters. The lowest BCUT2D eigenvalue weighted by Crippen LogP contribution is -2.46. The molecular weight excluding hydrogens is 130 g/mol. The lowest BCUT2D eigenvalue weighted by Gasteiger charge is -2.18. The van der Waals surface area contributed by atoms with E-state index in [1.54, 1.807) is 6.34 Å². The number of hydrogen-bond acceptors (Lipinski definition) is 5. The maximum absolute atomic E-state index is 5.59. The monoisotopic (exact) mass is 137 g/mol. The third-order valence-corrected chi connectivity index (χ3v) is 1.49. The van der Waals surface area contributed by atoms with Crippen molar-refractivity contribution in [2.45, 2.75) is 12.2 Å². The molecule has 0 saturated carbocycles. The summed E-state index contributed by atoms with van der Waals surface area (Å²) in [6.07, 6.45) is 2.79. The number of amidine groups is 1. The van der Waals surface area contributed by atoms with E-state index in [0.29, 0.717) is 0 Å². The highest BCUT2D eigenvalue weighted by Crippen LogP contribution is 2.06. The van der Waals surface area contributed by atoms with Gasteiger partial charge in [0.05, 0.1) is 6.34 Å². The number of aliphatic imine (C=N–C) groups is 3. The fourth-order valence-electron chi connectivity index (χ4n) is 0.958. The Morgan fingerprint density at radius 1 is 1.50 bits per heavy atom. The zero-order valence-electron chi connectivity index (χ0n) is 5.23. The molecule has 2 aliphatic rings. The molecule has 0 spiro atoms. The second-order valence-electron chi connectivity index (χ2n) is 2.14. The Morgan fingerprint density at radius 2 is 2.40 bits per heavy atom. The van der Waals surface area contributed by atoms with Gasteiger partial charge in [-0.1, -0.05) is 0 Å². The summed E-state index contributed by atoms with van der Waals surface area (Å²) in [5.41, 5.74) is 5.59. The predicted molar refractivity (Wildman–Crippen MR) is 39.3 cm³/mol. The Labute approximate surface area is 57.8 Å². The third-order valence-electron chi connectivity index (χ3n) is 1.49. The quantitative estimate of drug-likeness (QED) is 0.436. The molecule has 0 aromatic carbocycles. The zero-order chi connectivity index (χ0) is 6.97. The van der Waals surface area contributed by atoms with E-state index in [4.69, 9.17) is 5.73 Å². The van der Waals surface area contributed by atoms with E-state index in [1.165, 1.54) is 6.34 Å². The number of nitrogens with zero attached hydrogens (tertiary/aromatic N) is 3. The van der Waals surface area contributed by atoms with Crippen LogP contribution < -0.4 is 11.1 Å². The van der Waals surface area contributed by atoms with Gasteiger partial charge in [0.25, 0.3) is 0 Å². The molecule has 3 N–H and O–H groups in total. The standard InChI is InChI=1S/C5H7N5/c6-4-3-5(9-1-7-3)10-2-8-4/h1-4H,6H2,(H,7,8,9,10). The van der Waals surface area contributed by atoms with E-state index in [0.717, 1.165) is 5.84 Å². The summed E-state index contributed by atoms with van der Waals surface area (Å²) in [4.78, 5) is 11.9. The summed E-state index contributed by atoms with van der Waals surface area (Å²) >= 11 is 0. The molecule has 2 heterocycles. The minimum absolute atomic E-state index is 0.0787. The predicted octanol–water partition coefficient (Wildman–Crippen LogP) is -1.29. The molecule has 5 nitrogen and oxygen atoms in total. The largest absolute Gasteiger partial charge is 0.333 e. The molecule has 5 heteroatoms. The van der Waals surface area contributed by atoms with Crippen molar-refractivity contribution in [3.63, 3.8) is 0 Å². The molecule has 0 fully saturated rings. The second-order valence-corrected chi connectivity index (χ2v) is 2.14. The van der Waals surface area contributed by atoms with Gasteiger partial charge in [-0.05, 0) is 0 Å². The molecule has 0 aromatic rings. The Hall–Kier alpha value is -1.23. The van der Waals surface area contributed by atoms with Crippen molar-refractivity contribution in [1.29, 1.82) is 0 Å². The van der Waals surface area contributed by atoms with Crippen LogP contribution in [0.1, 0.15) is 0 Å². The van der Waals surface area contributed by atoms with Crippen molar-refractivity contribution >= 4 is 18.5 Å². The average Bonchev–Trinajstić information content (AvgIpc) is 2.36. The number of hydrogen-bond donors (Lipinski definition) is 2. The molecule has 2 rings (SSSR count). The molecular formula is C5H7N5. The number of rotatable bonds is 0. The van der Waals surface area contributed by atoms with Crippen molar-refractivity contribution in [2.75, 3.05) is 0 Å². The van der Waals surface area contributed by atoms with Gasteiger partial charge in [0.15, 0.2) is 0 Å². The smallest absolute Gasteiger partial charge is 0.145 e. The van der Waals surface area contributed by atoms with Gasteiger partial charge in [-0.15, -0.1) is 0 Å². The van der Waals surface area contributed by atoms with Gasteiger partial charge < -0.3 is 11.1 Å². The fourth-order valence-corrected chi connectivity index (χ4v) is 0.958. The molecule has 2 aliphatic heterocycles. The van der Waals surface area contributed by atoms with Crippen LogP contribution in [0.3, 0.4) is 0 Å². The van der Waals surface area contributed by atoms with Gasteiger partial charge >= 0.3 is 0 Å². The van der Waals surface area contributed by atoms with E-state index >= 15 is 0 Å². The van der Waals surface area contributed by atoms with E-state index in [-0.39, 0.29) is 12.2 Å². The molecule has 52 valence electrons. The Bertz CT molecular complexity index is 228. The summed E-state index contributed by atoms with van der Waals surface area (Å²) in [5.74, 6) is 0.794. The first kappa shape index (κ1) is 5.55. The number of nitrogens with two attached hydrogens (primary N) is 1. The molecule has 2 atom stereocenters. The van der Waals surface area contributed by atoms with Crippen molar-refractivity contribution in [2.24, 2.45) is 20.7 Å². The maximum atomic E-state index is 5.59. The fraction of sp³-hybridized carbons (Fsp3) is 0.400. The second kappa shape index (κ2) is 1.88. The van der Waals surface area contributed by atoms with E-state index in [9.17, 15) is 0 Å². The summed E-state index contributed by atoms with van der Waals surface area (Å²) in [6, 6.07) is -0.0787. The van der Waals surface area contributed by atoms with Crippen LogP contribution in [0.4, 0.5) is 0 Å². The summed E-state index contributed by atoms with van der Waals surface area (Å²) in [5, 5.41) is 2.86. The molecule has 0 radical (unpaired) electrons. The van der Waals surface area contributed by atoms with Gasteiger partial charge in [0.2, 0.25) is 0 Å². The van der Waals surface area contributed by atoms with Crippen LogP contribution in [0.15, 0.2) is 15.0 Å². The van der Waals surface area contributed by atoms with E-state index in [1.807, 2.05) is 0 Å². The SMILES string of the molecule is NC1N=CNC2=NC=NC21. The lowest BCUT2D eigenvalue weighted by atomic mass is 10.2. The highest BCUT2D eigenvalue weighted by molar-refractivity contribution is 6.04. The van der Waals surface area contributed by atoms with Crippen LogP contribution in [0.2, 0.25) is 0 Å². The summed E-state index contributed by atoms with van der Waals surface area (Å²) in [7, 11) is 0. The highest BCUT2D eigenvalue weighted by atomic mass is 15.2. The molecule has 0 bridgehead atoms. The minimum Gasteiger partial charge on any atom is -0.333 e. The van der Waals surface area contributed by atoms with Crippen LogP contribution in [0.25, 0.3) is 0 Å².